The summed E-state index contributed by atoms with van der Waals surface area (Å²) >= 11 is 0. The predicted octanol–water partition coefficient (Wildman–Crippen LogP) is 6.77. The van der Waals surface area contributed by atoms with Crippen molar-refractivity contribution in [2.75, 3.05) is 0 Å². The molecule has 2 heteroatoms. The fourth-order valence-electron chi connectivity index (χ4n) is 1.34. The van der Waals surface area contributed by atoms with Gasteiger partial charge >= 0.3 is 0 Å². The van der Waals surface area contributed by atoms with Crippen LogP contribution in [0.1, 0.15) is 38.8 Å². The summed E-state index contributed by atoms with van der Waals surface area (Å²) in [6.07, 6.45) is 0. The minimum Gasteiger partial charge on any atom is -0.151 e. The van der Waals surface area contributed by atoms with E-state index in [4.69, 9.17) is 0 Å². The Morgan fingerprint density at radius 3 is 1.00 bits per heavy atom. The second-order valence-corrected chi connectivity index (χ2v) is 3.87. The molecule has 0 fully saturated rings. The Balaban J connectivity index is 0.000000829. The number of aryl methyl sites for hydroxylation is 2. The lowest BCUT2D eigenvalue weighted by Gasteiger charge is -1.95. The molecule has 2 nitrogen and oxygen atoms in total. The summed E-state index contributed by atoms with van der Waals surface area (Å²) in [6, 6.07) is 16.0. The van der Waals surface area contributed by atoms with Crippen LogP contribution in [-0.4, -0.2) is 0 Å². The number of azo groups is 1. The van der Waals surface area contributed by atoms with Gasteiger partial charge in [0, 0.05) is 0 Å². The molecule has 0 amide bonds. The quantitative estimate of drug-likeness (QED) is 0.538. The van der Waals surface area contributed by atoms with E-state index in [1.165, 1.54) is 11.1 Å². The van der Waals surface area contributed by atoms with Crippen molar-refractivity contribution in [1.29, 1.82) is 0 Å². The third kappa shape index (κ3) is 6.83. The fraction of sp³-hybridized carbons (Fsp3) is 0.333. The SMILES string of the molecule is CC.CC.Cc1ccc(N=Nc2ccc(C)cc2)cc1. The first-order valence-electron chi connectivity index (χ1n) is 7.29. The van der Waals surface area contributed by atoms with Crippen molar-refractivity contribution >= 4 is 11.4 Å². The smallest absolute Gasteiger partial charge is 0.0857 e. The number of hydrogen-bond donors (Lipinski definition) is 0. The van der Waals surface area contributed by atoms with Gasteiger partial charge in [-0.1, -0.05) is 63.1 Å². The lowest BCUT2D eigenvalue weighted by molar-refractivity contribution is 1.22. The van der Waals surface area contributed by atoms with Crippen LogP contribution in [0, 0.1) is 13.8 Å². The van der Waals surface area contributed by atoms with Crippen molar-refractivity contribution in [3.63, 3.8) is 0 Å². The first-order chi connectivity index (χ1) is 9.74. The average Bonchev–Trinajstić information content (AvgIpc) is 2.52. The molecule has 0 unspecified atom stereocenters. The number of benzene rings is 2. The van der Waals surface area contributed by atoms with Crippen LogP contribution in [-0.2, 0) is 0 Å². The van der Waals surface area contributed by atoms with Crippen LogP contribution in [0.15, 0.2) is 58.8 Å². The van der Waals surface area contributed by atoms with Crippen molar-refractivity contribution in [2.45, 2.75) is 41.5 Å². The number of nitrogens with zero attached hydrogens (tertiary/aromatic N) is 2. The first-order valence-corrected chi connectivity index (χ1v) is 7.29. The Morgan fingerprint density at radius 2 is 0.750 bits per heavy atom. The van der Waals surface area contributed by atoms with Gasteiger partial charge in [-0.05, 0) is 38.1 Å². The Hall–Kier alpha value is -1.96. The molecule has 0 bridgehead atoms. The normalized spacial score (nSPS) is 9.30. The monoisotopic (exact) mass is 270 g/mol. The fourth-order valence-corrected chi connectivity index (χ4v) is 1.34. The highest BCUT2D eigenvalue weighted by Gasteiger charge is 1.90. The third-order valence-corrected chi connectivity index (χ3v) is 2.35. The summed E-state index contributed by atoms with van der Waals surface area (Å²) in [6.45, 7) is 12.1. The molecule has 20 heavy (non-hydrogen) atoms. The van der Waals surface area contributed by atoms with Crippen LogP contribution in [0.3, 0.4) is 0 Å². The van der Waals surface area contributed by atoms with E-state index in [0.717, 1.165) is 11.4 Å². The Bertz CT molecular complexity index is 434. The Labute approximate surface area is 123 Å². The summed E-state index contributed by atoms with van der Waals surface area (Å²) in [4.78, 5) is 0. The highest BCUT2D eigenvalue weighted by atomic mass is 15.1. The van der Waals surface area contributed by atoms with Crippen LogP contribution in [0.25, 0.3) is 0 Å². The van der Waals surface area contributed by atoms with Gasteiger partial charge in [0.05, 0.1) is 11.4 Å². The van der Waals surface area contributed by atoms with Gasteiger partial charge in [-0.15, -0.1) is 0 Å². The second-order valence-electron chi connectivity index (χ2n) is 3.87. The van der Waals surface area contributed by atoms with E-state index < -0.39 is 0 Å². The molecule has 0 aliphatic carbocycles. The Morgan fingerprint density at radius 1 is 0.500 bits per heavy atom. The van der Waals surface area contributed by atoms with E-state index >= 15 is 0 Å². The molecule has 0 heterocycles. The topological polar surface area (TPSA) is 24.7 Å². The predicted molar refractivity (Wildman–Crippen MR) is 89.2 cm³/mol. The zero-order chi connectivity index (χ0) is 15.4. The van der Waals surface area contributed by atoms with Crippen molar-refractivity contribution in [3.05, 3.63) is 59.7 Å². The van der Waals surface area contributed by atoms with Gasteiger partial charge in [-0.25, -0.2) is 0 Å². The maximum Gasteiger partial charge on any atom is 0.0857 e. The van der Waals surface area contributed by atoms with E-state index in [0.29, 0.717) is 0 Å². The van der Waals surface area contributed by atoms with Crippen LogP contribution in [0.2, 0.25) is 0 Å². The third-order valence-electron chi connectivity index (χ3n) is 2.35. The maximum absolute atomic E-state index is 4.17. The zero-order valence-electron chi connectivity index (χ0n) is 13.5. The molecule has 0 aliphatic rings. The molecule has 0 aromatic heterocycles. The maximum atomic E-state index is 4.17. The Kier molecular flexibility index (Phi) is 9.85. The molecule has 0 saturated carbocycles. The first kappa shape index (κ1) is 18.0. The molecule has 0 radical (unpaired) electrons. The minimum absolute atomic E-state index is 0.881. The highest BCUT2D eigenvalue weighted by Crippen LogP contribution is 2.18. The van der Waals surface area contributed by atoms with Gasteiger partial charge in [0.2, 0.25) is 0 Å². The molecule has 0 saturated heterocycles. The van der Waals surface area contributed by atoms with Gasteiger partial charge in [0.25, 0.3) is 0 Å². The van der Waals surface area contributed by atoms with E-state index in [-0.39, 0.29) is 0 Å². The van der Waals surface area contributed by atoms with Crippen LogP contribution in [0.4, 0.5) is 11.4 Å². The number of rotatable bonds is 2. The summed E-state index contributed by atoms with van der Waals surface area (Å²) in [5.74, 6) is 0. The van der Waals surface area contributed by atoms with Gasteiger partial charge < -0.3 is 0 Å². The summed E-state index contributed by atoms with van der Waals surface area (Å²) in [5.41, 5.74) is 4.22. The van der Waals surface area contributed by atoms with Crippen molar-refractivity contribution in [3.8, 4) is 0 Å². The largest absolute Gasteiger partial charge is 0.151 e. The molecule has 2 rings (SSSR count). The summed E-state index contributed by atoms with van der Waals surface area (Å²) in [7, 11) is 0. The van der Waals surface area contributed by atoms with Gasteiger partial charge in [0.15, 0.2) is 0 Å². The molecule has 0 N–H and O–H groups in total. The molecule has 0 atom stereocenters. The van der Waals surface area contributed by atoms with Gasteiger partial charge in [0.1, 0.15) is 0 Å². The summed E-state index contributed by atoms with van der Waals surface area (Å²) in [5, 5.41) is 8.34. The van der Waals surface area contributed by atoms with Crippen molar-refractivity contribution in [1.82, 2.24) is 0 Å². The standard InChI is InChI=1S/C14H14N2.2C2H6/c1-11-3-7-13(8-4-11)15-16-14-9-5-12(2)6-10-14;2*1-2/h3-10H,1-2H3;2*1-2H3. The van der Waals surface area contributed by atoms with E-state index in [9.17, 15) is 0 Å². The molecular weight excluding hydrogens is 244 g/mol. The minimum atomic E-state index is 0.881. The van der Waals surface area contributed by atoms with Gasteiger partial charge in [-0.3, -0.25) is 0 Å². The average molecular weight is 270 g/mol. The van der Waals surface area contributed by atoms with E-state index in [2.05, 4.69) is 24.1 Å². The highest BCUT2D eigenvalue weighted by molar-refractivity contribution is 5.41. The van der Waals surface area contributed by atoms with Crippen LogP contribution >= 0.6 is 0 Å². The van der Waals surface area contributed by atoms with E-state index in [1.807, 2.05) is 76.2 Å². The molecule has 2 aromatic rings. The van der Waals surface area contributed by atoms with Crippen molar-refractivity contribution < 1.29 is 0 Å². The van der Waals surface area contributed by atoms with Crippen LogP contribution in [0.5, 0.6) is 0 Å². The number of hydrogen-bond acceptors (Lipinski definition) is 2. The lowest BCUT2D eigenvalue weighted by Crippen LogP contribution is -1.69. The molecule has 0 aliphatic heterocycles. The second kappa shape index (κ2) is 10.9. The zero-order valence-corrected chi connectivity index (χ0v) is 13.5. The van der Waals surface area contributed by atoms with Crippen LogP contribution < -0.4 is 0 Å². The van der Waals surface area contributed by atoms with Crippen molar-refractivity contribution in [2.24, 2.45) is 10.2 Å². The summed E-state index contributed by atoms with van der Waals surface area (Å²) < 4.78 is 0. The van der Waals surface area contributed by atoms with E-state index in [1.54, 1.807) is 0 Å². The molecule has 2 aromatic carbocycles. The van der Waals surface area contributed by atoms with Gasteiger partial charge in [-0.2, -0.15) is 10.2 Å². The lowest BCUT2D eigenvalue weighted by atomic mass is 10.2. The molecule has 0 spiro atoms. The molecule has 108 valence electrons. The molecular formula is C18H26N2.